The molecule has 0 atom stereocenters. The van der Waals surface area contributed by atoms with E-state index in [9.17, 15) is 14.9 Å². The minimum atomic E-state index is -0.443. The van der Waals surface area contributed by atoms with Crippen LogP contribution in [-0.4, -0.2) is 53.0 Å². The number of hydrogen-bond acceptors (Lipinski definition) is 7. The van der Waals surface area contributed by atoms with Gasteiger partial charge < -0.3 is 15.8 Å². The van der Waals surface area contributed by atoms with Crippen molar-refractivity contribution in [2.75, 3.05) is 31.6 Å². The van der Waals surface area contributed by atoms with Gasteiger partial charge >= 0.3 is 5.69 Å². The number of primary amides is 1. The molecule has 1 aromatic rings. The van der Waals surface area contributed by atoms with Gasteiger partial charge in [0.15, 0.2) is 0 Å². The molecule has 3 N–H and O–H groups in total. The van der Waals surface area contributed by atoms with Gasteiger partial charge in [0.1, 0.15) is 18.5 Å². The van der Waals surface area contributed by atoms with Crippen LogP contribution in [0.4, 0.5) is 11.4 Å². The number of nitrogens with two attached hydrogens (primary N) is 1. The van der Waals surface area contributed by atoms with Crippen molar-refractivity contribution in [2.45, 2.75) is 51.0 Å². The summed E-state index contributed by atoms with van der Waals surface area (Å²) in [5, 5.41) is 14.6. The van der Waals surface area contributed by atoms with E-state index < -0.39 is 4.92 Å². The Balaban J connectivity index is 1.58. The zero-order valence-electron chi connectivity index (χ0n) is 16.1. The quantitative estimate of drug-likeness (QED) is 0.515. The molecular weight excluding hydrogens is 362 g/mol. The number of anilines is 1. The van der Waals surface area contributed by atoms with Crippen molar-refractivity contribution >= 4 is 17.3 Å². The minimum Gasteiger partial charge on any atom is -0.476 e. The summed E-state index contributed by atoms with van der Waals surface area (Å²) in [6.45, 7) is 3.53. The standard InChI is InChI=1S/C19H29N5O4/c20-19(25)14-4-6-15(7-5-14)22-16-12-18(21-13-17(16)24(26)27)28-11-10-23-8-2-1-3-9-23/h12-15H,1-11H2,(H2,20,25)(H,21,22)/t14-,15-. The lowest BCUT2D eigenvalue weighted by Gasteiger charge is -2.28. The highest BCUT2D eigenvalue weighted by molar-refractivity contribution is 5.76. The maximum absolute atomic E-state index is 11.4. The molecule has 2 aliphatic rings. The maximum Gasteiger partial charge on any atom is 0.310 e. The first-order valence-electron chi connectivity index (χ1n) is 10.1. The summed E-state index contributed by atoms with van der Waals surface area (Å²) in [6, 6.07) is 1.67. The number of rotatable bonds is 8. The third kappa shape index (κ3) is 5.54. The highest BCUT2D eigenvalue weighted by Gasteiger charge is 2.26. The lowest BCUT2D eigenvalue weighted by atomic mass is 9.85. The van der Waals surface area contributed by atoms with Crippen LogP contribution >= 0.6 is 0 Å². The molecule has 2 fully saturated rings. The smallest absolute Gasteiger partial charge is 0.310 e. The minimum absolute atomic E-state index is 0.0675. The van der Waals surface area contributed by atoms with Gasteiger partial charge in [-0.05, 0) is 51.6 Å². The Morgan fingerprint density at radius 2 is 2.00 bits per heavy atom. The van der Waals surface area contributed by atoms with Gasteiger partial charge in [0.05, 0.1) is 4.92 Å². The van der Waals surface area contributed by atoms with Crippen LogP contribution in [0.25, 0.3) is 0 Å². The van der Waals surface area contributed by atoms with Crippen LogP contribution in [0, 0.1) is 16.0 Å². The van der Waals surface area contributed by atoms with E-state index >= 15 is 0 Å². The molecule has 2 heterocycles. The molecule has 9 nitrogen and oxygen atoms in total. The number of pyridine rings is 1. The van der Waals surface area contributed by atoms with E-state index in [1.54, 1.807) is 6.07 Å². The van der Waals surface area contributed by atoms with Crippen LogP contribution in [0.1, 0.15) is 44.9 Å². The van der Waals surface area contributed by atoms with Crippen molar-refractivity contribution in [3.8, 4) is 5.88 Å². The molecular formula is C19H29N5O4. The molecule has 1 aliphatic carbocycles. The summed E-state index contributed by atoms with van der Waals surface area (Å²) < 4.78 is 5.75. The fourth-order valence-corrected chi connectivity index (χ4v) is 3.97. The molecule has 1 aromatic heterocycles. The van der Waals surface area contributed by atoms with Crippen molar-refractivity contribution < 1.29 is 14.5 Å². The summed E-state index contributed by atoms with van der Waals surface area (Å²) in [5.74, 6) is 0.0211. The lowest BCUT2D eigenvalue weighted by molar-refractivity contribution is -0.384. The molecule has 9 heteroatoms. The largest absolute Gasteiger partial charge is 0.476 e. The van der Waals surface area contributed by atoms with Gasteiger partial charge in [0.2, 0.25) is 11.8 Å². The maximum atomic E-state index is 11.4. The number of nitrogens with zero attached hydrogens (tertiary/aromatic N) is 3. The average Bonchev–Trinajstić information content (AvgIpc) is 2.69. The van der Waals surface area contributed by atoms with E-state index in [0.717, 1.165) is 32.5 Å². The zero-order valence-corrected chi connectivity index (χ0v) is 16.1. The summed E-state index contributed by atoms with van der Waals surface area (Å²) in [7, 11) is 0. The number of amides is 1. The van der Waals surface area contributed by atoms with Crippen LogP contribution < -0.4 is 15.8 Å². The molecule has 28 heavy (non-hydrogen) atoms. The van der Waals surface area contributed by atoms with Crippen LogP contribution in [-0.2, 0) is 4.79 Å². The van der Waals surface area contributed by atoms with Crippen molar-refractivity contribution in [3.05, 3.63) is 22.4 Å². The van der Waals surface area contributed by atoms with Crippen molar-refractivity contribution in [3.63, 3.8) is 0 Å². The van der Waals surface area contributed by atoms with Crippen LogP contribution in [0.5, 0.6) is 5.88 Å². The molecule has 0 bridgehead atoms. The summed E-state index contributed by atoms with van der Waals surface area (Å²) in [4.78, 5) is 28.7. The predicted molar refractivity (Wildman–Crippen MR) is 105 cm³/mol. The molecule has 0 radical (unpaired) electrons. The number of ether oxygens (including phenoxy) is 1. The summed E-state index contributed by atoms with van der Waals surface area (Å²) in [6.07, 6.45) is 7.88. The Morgan fingerprint density at radius 1 is 1.29 bits per heavy atom. The molecule has 0 spiro atoms. The van der Waals surface area contributed by atoms with Crippen molar-refractivity contribution in [1.82, 2.24) is 9.88 Å². The molecule has 0 aromatic carbocycles. The Hall–Kier alpha value is -2.42. The highest BCUT2D eigenvalue weighted by Crippen LogP contribution is 2.31. The van der Waals surface area contributed by atoms with Gasteiger partial charge in [-0.25, -0.2) is 4.98 Å². The molecule has 3 rings (SSSR count). The van der Waals surface area contributed by atoms with Crippen LogP contribution in [0.2, 0.25) is 0 Å². The Labute approximate surface area is 164 Å². The van der Waals surface area contributed by atoms with E-state index in [4.69, 9.17) is 10.5 Å². The first-order valence-corrected chi connectivity index (χ1v) is 10.1. The van der Waals surface area contributed by atoms with E-state index in [-0.39, 0.29) is 23.6 Å². The average molecular weight is 391 g/mol. The third-order valence-electron chi connectivity index (χ3n) is 5.65. The molecule has 154 valence electrons. The normalized spacial score (nSPS) is 23.1. The second-order valence-corrected chi connectivity index (χ2v) is 7.64. The number of carbonyl (C=O) groups excluding carboxylic acids is 1. The third-order valence-corrected chi connectivity index (χ3v) is 5.65. The van der Waals surface area contributed by atoms with Crippen molar-refractivity contribution in [2.24, 2.45) is 11.7 Å². The number of carbonyl (C=O) groups is 1. The van der Waals surface area contributed by atoms with Gasteiger partial charge in [0.25, 0.3) is 0 Å². The summed E-state index contributed by atoms with van der Waals surface area (Å²) >= 11 is 0. The Kier molecular flexibility index (Phi) is 7.02. The fourth-order valence-electron chi connectivity index (χ4n) is 3.97. The number of likely N-dealkylation sites (tertiary alicyclic amines) is 1. The predicted octanol–water partition coefficient (Wildman–Crippen LogP) is 2.31. The first kappa shape index (κ1) is 20.3. The molecule has 1 saturated carbocycles. The Bertz CT molecular complexity index is 685. The van der Waals surface area contributed by atoms with Gasteiger partial charge in [-0.1, -0.05) is 6.42 Å². The number of aromatic nitrogens is 1. The Morgan fingerprint density at radius 3 is 2.64 bits per heavy atom. The van der Waals surface area contributed by atoms with Gasteiger partial charge in [0, 0.05) is 24.6 Å². The SMILES string of the molecule is NC(=O)[C@H]1CC[C@H](Nc2cc(OCCN3CCCCC3)ncc2[N+](=O)[O-])CC1. The monoisotopic (exact) mass is 391 g/mol. The number of nitrogens with one attached hydrogen (secondary N) is 1. The second-order valence-electron chi connectivity index (χ2n) is 7.64. The molecule has 1 saturated heterocycles. The van der Waals surface area contributed by atoms with E-state index in [1.165, 1.54) is 25.5 Å². The number of piperidine rings is 1. The van der Waals surface area contributed by atoms with E-state index in [1.807, 2.05) is 0 Å². The molecule has 0 unspecified atom stereocenters. The van der Waals surface area contributed by atoms with Gasteiger partial charge in [-0.2, -0.15) is 0 Å². The van der Waals surface area contributed by atoms with Crippen LogP contribution in [0.15, 0.2) is 12.3 Å². The molecule has 1 amide bonds. The van der Waals surface area contributed by atoms with Gasteiger partial charge in [-0.15, -0.1) is 0 Å². The topological polar surface area (TPSA) is 124 Å². The zero-order chi connectivity index (χ0) is 19.9. The highest BCUT2D eigenvalue weighted by atomic mass is 16.6. The summed E-state index contributed by atoms with van der Waals surface area (Å²) in [5.41, 5.74) is 5.72. The van der Waals surface area contributed by atoms with Gasteiger partial charge in [-0.3, -0.25) is 19.8 Å². The fraction of sp³-hybridized carbons (Fsp3) is 0.684. The molecule has 1 aliphatic heterocycles. The van der Waals surface area contributed by atoms with Crippen LogP contribution in [0.3, 0.4) is 0 Å². The first-order chi connectivity index (χ1) is 13.5. The number of nitro groups is 1. The van der Waals surface area contributed by atoms with Crippen molar-refractivity contribution in [1.29, 1.82) is 0 Å². The van der Waals surface area contributed by atoms with E-state index in [0.29, 0.717) is 31.0 Å². The number of hydrogen-bond donors (Lipinski definition) is 2. The van der Waals surface area contributed by atoms with E-state index in [2.05, 4.69) is 15.2 Å². The lowest BCUT2D eigenvalue weighted by Crippen LogP contribution is -2.33. The second kappa shape index (κ2) is 9.68.